The molecule has 0 amide bonds. The Balaban J connectivity index is 1.09. The summed E-state index contributed by atoms with van der Waals surface area (Å²) in [7, 11) is 0. The average Bonchev–Trinajstić information content (AvgIpc) is 3.99. The van der Waals surface area contributed by atoms with E-state index in [1.54, 1.807) is 0 Å². The van der Waals surface area contributed by atoms with Gasteiger partial charge in [0.1, 0.15) is 28.8 Å². The van der Waals surface area contributed by atoms with Gasteiger partial charge < -0.3 is 18.5 Å². The van der Waals surface area contributed by atoms with Crippen molar-refractivity contribution >= 4 is 56.0 Å². The normalized spacial score (nSPS) is 15.3. The predicted molar refractivity (Wildman–Crippen MR) is 236 cm³/mol. The van der Waals surface area contributed by atoms with Crippen LogP contribution in [0.5, 0.6) is 5.75 Å². The molecule has 58 heavy (non-hydrogen) atoms. The maximum absolute atomic E-state index is 7.02. The molecule has 3 heterocycles. The molecule has 0 fully saturated rings. The van der Waals surface area contributed by atoms with Crippen molar-refractivity contribution < 1.29 is 13.6 Å². The van der Waals surface area contributed by atoms with Gasteiger partial charge in [-0.05, 0) is 64.2 Å². The lowest BCUT2D eigenvalue weighted by Gasteiger charge is -2.28. The zero-order valence-corrected chi connectivity index (χ0v) is 31.4. The fraction of sp³-hybridized carbons (Fsp3) is 0.0370. The van der Waals surface area contributed by atoms with E-state index in [1.807, 2.05) is 18.2 Å². The molecule has 0 spiro atoms. The van der Waals surface area contributed by atoms with Gasteiger partial charge >= 0.3 is 0 Å². The highest BCUT2D eigenvalue weighted by molar-refractivity contribution is 6.14. The van der Waals surface area contributed by atoms with Crippen molar-refractivity contribution in [2.75, 3.05) is 4.90 Å². The lowest BCUT2D eigenvalue weighted by molar-refractivity contribution is 0.256. The van der Waals surface area contributed by atoms with Gasteiger partial charge in [-0.3, -0.25) is 0 Å². The molecule has 274 valence electrons. The van der Waals surface area contributed by atoms with Crippen LogP contribution in [0.3, 0.4) is 0 Å². The average molecular weight is 746 g/mol. The predicted octanol–water partition coefficient (Wildman–Crippen LogP) is 14.7. The van der Waals surface area contributed by atoms with Crippen LogP contribution in [0, 0.1) is 0 Å². The van der Waals surface area contributed by atoms with Crippen LogP contribution in [0.4, 0.5) is 17.1 Å². The molecule has 0 saturated heterocycles. The largest absolute Gasteiger partial charge is 0.485 e. The van der Waals surface area contributed by atoms with Crippen LogP contribution >= 0.6 is 0 Å². The van der Waals surface area contributed by atoms with E-state index >= 15 is 0 Å². The first-order chi connectivity index (χ1) is 28.8. The second-order valence-electron chi connectivity index (χ2n) is 15.1. The molecule has 2 aromatic heterocycles. The number of para-hydroxylation sites is 3. The van der Waals surface area contributed by atoms with E-state index in [9.17, 15) is 0 Å². The fourth-order valence-electron chi connectivity index (χ4n) is 9.17. The second-order valence-corrected chi connectivity index (χ2v) is 15.1. The molecule has 8 aromatic carbocycles. The maximum Gasteiger partial charge on any atom is 0.159 e. The first-order valence-electron chi connectivity index (χ1n) is 19.8. The molecule has 1 aliphatic heterocycles. The van der Waals surface area contributed by atoms with Crippen LogP contribution in [0.1, 0.15) is 22.8 Å². The second kappa shape index (κ2) is 13.0. The maximum atomic E-state index is 7.02. The van der Waals surface area contributed by atoms with Crippen LogP contribution in [-0.2, 0) is 0 Å². The molecule has 0 N–H and O–H groups in total. The number of hydrogen-bond donors (Lipinski definition) is 0. The molecule has 10 aromatic rings. The van der Waals surface area contributed by atoms with Crippen LogP contribution < -0.4 is 9.64 Å². The quantitative estimate of drug-likeness (QED) is 0.170. The van der Waals surface area contributed by atoms with Crippen molar-refractivity contribution in [3.05, 3.63) is 211 Å². The number of fused-ring (bicyclic) bond motifs is 11. The first-order valence-corrected chi connectivity index (χ1v) is 19.8. The first kappa shape index (κ1) is 32.7. The number of rotatable bonds is 6. The van der Waals surface area contributed by atoms with Gasteiger partial charge in [0.25, 0.3) is 0 Å². The molecule has 0 saturated carbocycles. The minimum Gasteiger partial charge on any atom is -0.485 e. The van der Waals surface area contributed by atoms with E-state index < -0.39 is 0 Å². The molecular weight excluding hydrogens is 711 g/mol. The van der Waals surface area contributed by atoms with E-state index in [2.05, 4.69) is 187 Å². The van der Waals surface area contributed by atoms with E-state index in [0.717, 1.165) is 89.3 Å². The third-order valence-corrected chi connectivity index (χ3v) is 11.9. The number of hydrogen-bond acceptors (Lipinski definition) is 4. The summed E-state index contributed by atoms with van der Waals surface area (Å²) < 4.78 is 20.7. The number of ether oxygens (including phenoxy) is 1. The molecule has 2 unspecified atom stereocenters. The van der Waals surface area contributed by atoms with Gasteiger partial charge in [-0.2, -0.15) is 0 Å². The van der Waals surface area contributed by atoms with Crippen LogP contribution in [-0.4, -0.2) is 6.10 Å². The van der Waals surface area contributed by atoms with Crippen LogP contribution in [0.25, 0.3) is 72.4 Å². The number of furan rings is 2. The molecule has 1 aliphatic carbocycles. The summed E-state index contributed by atoms with van der Waals surface area (Å²) in [4.78, 5) is 2.34. The molecular formula is C54H35NO3. The van der Waals surface area contributed by atoms with Crippen molar-refractivity contribution in [1.29, 1.82) is 0 Å². The van der Waals surface area contributed by atoms with Crippen LogP contribution in [0.2, 0.25) is 0 Å². The topological polar surface area (TPSA) is 38.8 Å². The Labute approximate surface area is 335 Å². The van der Waals surface area contributed by atoms with E-state index in [1.165, 1.54) is 16.7 Å². The molecule has 2 atom stereocenters. The Kier molecular flexibility index (Phi) is 7.32. The van der Waals surface area contributed by atoms with Crippen molar-refractivity contribution in [3.63, 3.8) is 0 Å². The van der Waals surface area contributed by atoms with Crippen molar-refractivity contribution in [3.8, 4) is 39.1 Å². The summed E-state index contributed by atoms with van der Waals surface area (Å²) in [5.74, 6) is 1.64. The highest BCUT2D eigenvalue weighted by Crippen LogP contribution is 2.56. The van der Waals surface area contributed by atoms with E-state index in [-0.39, 0.29) is 12.0 Å². The summed E-state index contributed by atoms with van der Waals surface area (Å²) in [5, 5.41) is 3.22. The van der Waals surface area contributed by atoms with Gasteiger partial charge in [0.05, 0.1) is 17.3 Å². The lowest BCUT2D eigenvalue weighted by Crippen LogP contribution is -2.19. The Morgan fingerprint density at radius 1 is 0.466 bits per heavy atom. The van der Waals surface area contributed by atoms with Gasteiger partial charge in [-0.1, -0.05) is 158 Å². The highest BCUT2D eigenvalue weighted by atomic mass is 16.5. The SMILES string of the molecule is C1=CC2Oc3cc(N(c4ccc(-c5ccccc5)cc4)c4ccccc4-c4ccc(-c5ccccc5)cc4)c4oc5ccccc5c4c3C2c2oc3ccccc3c21. The van der Waals surface area contributed by atoms with E-state index in [0.29, 0.717) is 0 Å². The monoisotopic (exact) mass is 745 g/mol. The number of anilines is 3. The highest BCUT2D eigenvalue weighted by Gasteiger charge is 2.43. The van der Waals surface area contributed by atoms with E-state index in [4.69, 9.17) is 13.6 Å². The minimum absolute atomic E-state index is 0.131. The van der Waals surface area contributed by atoms with Gasteiger partial charge in [0.15, 0.2) is 5.58 Å². The molecule has 0 bridgehead atoms. The molecule has 2 aliphatic rings. The number of benzene rings is 8. The summed E-state index contributed by atoms with van der Waals surface area (Å²) in [6, 6.07) is 66.2. The third kappa shape index (κ3) is 5.08. The zero-order chi connectivity index (χ0) is 38.2. The van der Waals surface area contributed by atoms with Gasteiger partial charge in [-0.15, -0.1) is 0 Å². The summed E-state index contributed by atoms with van der Waals surface area (Å²) >= 11 is 0. The number of nitrogens with zero attached hydrogens (tertiary/aromatic N) is 1. The molecule has 4 heteroatoms. The van der Waals surface area contributed by atoms with Crippen molar-refractivity contribution in [1.82, 2.24) is 0 Å². The lowest BCUT2D eigenvalue weighted by atomic mass is 9.84. The third-order valence-electron chi connectivity index (χ3n) is 11.9. The van der Waals surface area contributed by atoms with Gasteiger partial charge in [0.2, 0.25) is 0 Å². The zero-order valence-electron chi connectivity index (χ0n) is 31.4. The van der Waals surface area contributed by atoms with Gasteiger partial charge in [-0.25, -0.2) is 0 Å². The Morgan fingerprint density at radius 2 is 1.03 bits per heavy atom. The minimum atomic E-state index is -0.218. The Morgan fingerprint density at radius 3 is 1.76 bits per heavy atom. The molecule has 4 nitrogen and oxygen atoms in total. The van der Waals surface area contributed by atoms with Crippen LogP contribution in [0.15, 0.2) is 203 Å². The van der Waals surface area contributed by atoms with Crippen molar-refractivity contribution in [2.24, 2.45) is 0 Å². The summed E-state index contributed by atoms with van der Waals surface area (Å²) in [6.45, 7) is 0. The smallest absolute Gasteiger partial charge is 0.159 e. The van der Waals surface area contributed by atoms with Gasteiger partial charge in [0, 0.05) is 44.6 Å². The molecule has 0 radical (unpaired) electrons. The fourth-order valence-corrected chi connectivity index (χ4v) is 9.17. The Bertz CT molecular complexity index is 3190. The molecule has 12 rings (SSSR count). The Hall–Kier alpha value is -7.56. The summed E-state index contributed by atoms with van der Waals surface area (Å²) in [6.07, 6.45) is 4.14. The van der Waals surface area contributed by atoms with Crippen molar-refractivity contribution in [2.45, 2.75) is 12.0 Å². The summed E-state index contributed by atoms with van der Waals surface area (Å²) in [5.41, 5.74) is 14.6. The standard InChI is InChI=1S/C54H35NO3/c1-3-13-34(14-4-1)36-23-25-38(26-24-36)40-17-7-10-20-44(40)55(39-29-27-37(28-30-39)35-15-5-2-6-16-35)45-33-49-51(50-43-19-9-12-22-47(43)58-54(45)50)52-48(56-49)32-31-42-41-18-8-11-21-46(41)57-53(42)52/h1-33,48,52H.